The Balaban J connectivity index is 1.25. The molecule has 1 aliphatic heterocycles. The van der Waals surface area contributed by atoms with Gasteiger partial charge in [-0.15, -0.1) is 0 Å². The van der Waals surface area contributed by atoms with Gasteiger partial charge in [-0.3, -0.25) is 9.59 Å². The standard InChI is InChI=1S/C28H26N4O2/c33-26(16-15-22-17-21-11-7-8-14-25(21)30-28(22)34)29-18-23-19-32(24-12-5-2-6-13-24)31-27(23)20-9-3-1-4-10-20/h1-14,19,22H,15-18H2,(H,29,33)(H,30,34). The van der Waals surface area contributed by atoms with Crippen molar-refractivity contribution < 1.29 is 9.59 Å². The maximum absolute atomic E-state index is 12.7. The van der Waals surface area contributed by atoms with Gasteiger partial charge in [-0.05, 0) is 36.6 Å². The summed E-state index contributed by atoms with van der Waals surface area (Å²) in [6.07, 6.45) is 3.44. The number of para-hydroxylation sites is 2. The van der Waals surface area contributed by atoms with Crippen LogP contribution in [0.2, 0.25) is 0 Å². The topological polar surface area (TPSA) is 76.0 Å². The number of anilines is 1. The van der Waals surface area contributed by atoms with E-state index in [0.29, 0.717) is 25.8 Å². The minimum Gasteiger partial charge on any atom is -0.352 e. The minimum absolute atomic E-state index is 0.0120. The molecule has 4 aromatic rings. The zero-order valence-corrected chi connectivity index (χ0v) is 18.8. The first kappa shape index (κ1) is 21.6. The molecule has 34 heavy (non-hydrogen) atoms. The number of carbonyl (C=O) groups excluding carboxylic acids is 2. The van der Waals surface area contributed by atoms with Crippen LogP contribution in [0.5, 0.6) is 0 Å². The van der Waals surface area contributed by atoms with E-state index in [-0.39, 0.29) is 17.7 Å². The third-order valence-corrected chi connectivity index (χ3v) is 6.17. The lowest BCUT2D eigenvalue weighted by atomic mass is 9.89. The minimum atomic E-state index is -0.193. The molecule has 2 heterocycles. The molecule has 1 atom stereocenters. The Morgan fingerprint density at radius 1 is 0.971 bits per heavy atom. The molecular formula is C28H26N4O2. The van der Waals surface area contributed by atoms with Crippen LogP contribution in [0.3, 0.4) is 0 Å². The van der Waals surface area contributed by atoms with Gasteiger partial charge in [-0.25, -0.2) is 4.68 Å². The molecule has 0 saturated carbocycles. The average molecular weight is 451 g/mol. The van der Waals surface area contributed by atoms with Crippen LogP contribution in [0.1, 0.15) is 24.0 Å². The van der Waals surface area contributed by atoms with E-state index in [1.54, 1.807) is 0 Å². The normalized spacial score (nSPS) is 14.8. The molecule has 6 heteroatoms. The Labute approximate surface area is 198 Å². The van der Waals surface area contributed by atoms with Gasteiger partial charge < -0.3 is 10.6 Å². The van der Waals surface area contributed by atoms with Gasteiger partial charge in [0.05, 0.1) is 11.4 Å². The quantitative estimate of drug-likeness (QED) is 0.427. The second kappa shape index (κ2) is 9.75. The van der Waals surface area contributed by atoms with E-state index in [2.05, 4.69) is 10.6 Å². The number of hydrogen-bond donors (Lipinski definition) is 2. The number of nitrogens with one attached hydrogen (secondary N) is 2. The lowest BCUT2D eigenvalue weighted by Crippen LogP contribution is -2.31. The number of fused-ring (bicyclic) bond motifs is 1. The summed E-state index contributed by atoms with van der Waals surface area (Å²) in [6.45, 7) is 0.371. The smallest absolute Gasteiger partial charge is 0.227 e. The van der Waals surface area contributed by atoms with Crippen LogP contribution in [0, 0.1) is 5.92 Å². The number of aromatic nitrogens is 2. The molecule has 1 aromatic heterocycles. The summed E-state index contributed by atoms with van der Waals surface area (Å²) in [5.74, 6) is -0.276. The molecule has 5 rings (SSSR count). The van der Waals surface area contributed by atoms with Crippen molar-refractivity contribution in [2.24, 2.45) is 5.92 Å². The molecule has 0 spiro atoms. The Morgan fingerprint density at radius 2 is 1.68 bits per heavy atom. The average Bonchev–Trinajstić information content (AvgIpc) is 3.31. The first-order valence-electron chi connectivity index (χ1n) is 11.5. The van der Waals surface area contributed by atoms with E-state index in [1.807, 2.05) is 95.8 Å². The van der Waals surface area contributed by atoms with Crippen molar-refractivity contribution in [1.29, 1.82) is 0 Å². The number of benzene rings is 3. The molecule has 0 saturated heterocycles. The van der Waals surface area contributed by atoms with Gasteiger partial charge in [0.15, 0.2) is 0 Å². The number of carbonyl (C=O) groups is 2. The van der Waals surface area contributed by atoms with Crippen molar-refractivity contribution in [3.05, 3.63) is 102 Å². The SMILES string of the molecule is O=C(CCC1Cc2ccccc2NC1=O)NCc1cn(-c2ccccc2)nc1-c1ccccc1. The maximum Gasteiger partial charge on any atom is 0.227 e. The van der Waals surface area contributed by atoms with Crippen LogP contribution in [-0.2, 0) is 22.6 Å². The molecule has 3 aromatic carbocycles. The molecule has 6 nitrogen and oxygen atoms in total. The zero-order chi connectivity index (χ0) is 23.3. The Kier molecular flexibility index (Phi) is 6.21. The van der Waals surface area contributed by atoms with Gasteiger partial charge in [0, 0.05) is 41.9 Å². The monoisotopic (exact) mass is 450 g/mol. The van der Waals surface area contributed by atoms with Crippen molar-refractivity contribution in [2.75, 3.05) is 5.32 Å². The molecule has 2 amide bonds. The Morgan fingerprint density at radius 3 is 2.47 bits per heavy atom. The van der Waals surface area contributed by atoms with E-state index in [4.69, 9.17) is 5.10 Å². The van der Waals surface area contributed by atoms with Crippen LogP contribution in [0.15, 0.2) is 91.1 Å². The van der Waals surface area contributed by atoms with E-state index >= 15 is 0 Å². The fourth-order valence-electron chi connectivity index (χ4n) is 4.32. The summed E-state index contributed by atoms with van der Waals surface area (Å²) < 4.78 is 1.84. The fourth-order valence-corrected chi connectivity index (χ4v) is 4.32. The summed E-state index contributed by atoms with van der Waals surface area (Å²) in [6, 6.07) is 27.7. The fraction of sp³-hybridized carbons (Fsp3) is 0.179. The summed E-state index contributed by atoms with van der Waals surface area (Å²) in [7, 11) is 0. The van der Waals surface area contributed by atoms with Crippen LogP contribution in [0.25, 0.3) is 16.9 Å². The highest BCUT2D eigenvalue weighted by molar-refractivity contribution is 5.96. The third-order valence-electron chi connectivity index (χ3n) is 6.17. The van der Waals surface area contributed by atoms with E-state index in [9.17, 15) is 9.59 Å². The van der Waals surface area contributed by atoms with Gasteiger partial charge in [-0.2, -0.15) is 5.10 Å². The maximum atomic E-state index is 12.7. The molecule has 0 fully saturated rings. The van der Waals surface area contributed by atoms with Crippen molar-refractivity contribution in [1.82, 2.24) is 15.1 Å². The summed E-state index contributed by atoms with van der Waals surface area (Å²) in [5.41, 5.74) is 5.73. The van der Waals surface area contributed by atoms with E-state index in [0.717, 1.165) is 33.8 Å². The van der Waals surface area contributed by atoms with Gasteiger partial charge in [-0.1, -0.05) is 66.7 Å². The predicted molar refractivity (Wildman–Crippen MR) is 132 cm³/mol. The first-order chi connectivity index (χ1) is 16.7. The van der Waals surface area contributed by atoms with Crippen molar-refractivity contribution >= 4 is 17.5 Å². The molecule has 0 radical (unpaired) electrons. The highest BCUT2D eigenvalue weighted by Crippen LogP contribution is 2.28. The van der Waals surface area contributed by atoms with Gasteiger partial charge >= 0.3 is 0 Å². The number of rotatable bonds is 7. The number of amides is 2. The van der Waals surface area contributed by atoms with Gasteiger partial charge in [0.25, 0.3) is 0 Å². The van der Waals surface area contributed by atoms with Gasteiger partial charge in [0.1, 0.15) is 0 Å². The second-order valence-electron chi connectivity index (χ2n) is 8.51. The van der Waals surface area contributed by atoms with Crippen LogP contribution in [-0.4, -0.2) is 21.6 Å². The molecule has 0 aliphatic carbocycles. The summed E-state index contributed by atoms with van der Waals surface area (Å²) in [5, 5.41) is 10.8. The van der Waals surface area contributed by atoms with E-state index < -0.39 is 0 Å². The van der Waals surface area contributed by atoms with Gasteiger partial charge in [0.2, 0.25) is 11.8 Å². The summed E-state index contributed by atoms with van der Waals surface area (Å²) in [4.78, 5) is 25.1. The highest BCUT2D eigenvalue weighted by Gasteiger charge is 2.26. The third kappa shape index (κ3) is 4.76. The van der Waals surface area contributed by atoms with Crippen LogP contribution < -0.4 is 10.6 Å². The molecular weight excluding hydrogens is 424 g/mol. The highest BCUT2D eigenvalue weighted by atomic mass is 16.2. The largest absolute Gasteiger partial charge is 0.352 e. The molecule has 0 bridgehead atoms. The number of hydrogen-bond acceptors (Lipinski definition) is 3. The predicted octanol–water partition coefficient (Wildman–Crippen LogP) is 4.75. The summed E-state index contributed by atoms with van der Waals surface area (Å²) >= 11 is 0. The van der Waals surface area contributed by atoms with Crippen molar-refractivity contribution in [2.45, 2.75) is 25.8 Å². The van der Waals surface area contributed by atoms with Crippen LogP contribution in [0.4, 0.5) is 5.69 Å². The lowest BCUT2D eigenvalue weighted by molar-refractivity contribution is -0.122. The lowest BCUT2D eigenvalue weighted by Gasteiger charge is -2.24. The Bertz CT molecular complexity index is 1300. The zero-order valence-electron chi connectivity index (χ0n) is 18.8. The molecule has 1 aliphatic rings. The van der Waals surface area contributed by atoms with Crippen molar-refractivity contribution in [3.8, 4) is 16.9 Å². The molecule has 170 valence electrons. The molecule has 2 N–H and O–H groups in total. The van der Waals surface area contributed by atoms with Crippen LogP contribution >= 0.6 is 0 Å². The second-order valence-corrected chi connectivity index (χ2v) is 8.51. The van der Waals surface area contributed by atoms with Crippen molar-refractivity contribution in [3.63, 3.8) is 0 Å². The first-order valence-corrected chi connectivity index (χ1v) is 11.5. The molecule has 1 unspecified atom stereocenters. The number of nitrogens with zero attached hydrogens (tertiary/aromatic N) is 2. The van der Waals surface area contributed by atoms with E-state index in [1.165, 1.54) is 0 Å². The Hall–Kier alpha value is -4.19.